The molecule has 27 nitrogen and oxygen atoms in total. The van der Waals surface area contributed by atoms with Gasteiger partial charge < -0.3 is 81.2 Å². The van der Waals surface area contributed by atoms with Crippen LogP contribution in [0.3, 0.4) is 0 Å². The zero-order valence-corrected chi connectivity index (χ0v) is 46.0. The van der Waals surface area contributed by atoms with E-state index in [1.165, 1.54) is 19.4 Å². The van der Waals surface area contributed by atoms with Gasteiger partial charge in [-0.25, -0.2) is 4.98 Å². The van der Waals surface area contributed by atoms with Crippen molar-refractivity contribution in [2.24, 2.45) is 38.7 Å². The van der Waals surface area contributed by atoms with Crippen LogP contribution in [-0.4, -0.2) is 153 Å². The zero-order chi connectivity index (χ0) is 58.4. The van der Waals surface area contributed by atoms with E-state index in [1.807, 2.05) is 54.6 Å². The second kappa shape index (κ2) is 30.5. The Labute approximate surface area is 473 Å². The van der Waals surface area contributed by atoms with Crippen LogP contribution in [0.2, 0.25) is 0 Å². The Morgan fingerprint density at radius 3 is 1.81 bits per heavy atom. The van der Waals surface area contributed by atoms with Gasteiger partial charge in [-0.3, -0.25) is 53.1 Å². The quantitative estimate of drug-likeness (QED) is 0.0212. The summed E-state index contributed by atoms with van der Waals surface area (Å²) in [7, 11) is 2.08. The Morgan fingerprint density at radius 1 is 0.630 bits per heavy atom. The molecule has 9 amide bonds. The first kappa shape index (κ1) is 61.4. The number of imidazole rings is 1. The van der Waals surface area contributed by atoms with E-state index in [4.69, 9.17) is 28.7 Å². The lowest BCUT2D eigenvalue weighted by Gasteiger charge is -2.28. The molecule has 0 radical (unpaired) electrons. The molecule has 3 heterocycles. The number of aromatic amines is 2. The lowest BCUT2D eigenvalue weighted by Crippen LogP contribution is -2.60. The fraction of sp³-hybridized carbons (Fsp3) is 0.385. The summed E-state index contributed by atoms with van der Waals surface area (Å²) in [4.78, 5) is 144. The van der Waals surface area contributed by atoms with Gasteiger partial charge >= 0.3 is 0 Å². The van der Waals surface area contributed by atoms with Crippen molar-refractivity contribution < 1.29 is 43.2 Å². The van der Waals surface area contributed by atoms with Crippen LogP contribution in [0.4, 0.5) is 0 Å². The number of H-pyrrole nitrogens is 2. The molecular formula is C52H68N18O9S2. The molecule has 1 saturated heterocycles. The molecule has 20 N–H and O–H groups in total. The Balaban J connectivity index is 1.41. The molecule has 7 atom stereocenters. The van der Waals surface area contributed by atoms with Crippen LogP contribution in [0, 0.1) is 0 Å². The fourth-order valence-corrected chi connectivity index (χ4v) is 11.0. The Bertz CT molecular complexity index is 3090. The molecule has 0 aliphatic carbocycles. The number of benzene rings is 3. The fourth-order valence-electron chi connectivity index (χ4n) is 8.66. The number of nitrogens with zero attached hydrogens (tertiary/aromatic N) is 3. The third-order valence-corrected chi connectivity index (χ3v) is 15.2. The maximum Gasteiger partial charge on any atom is 0.244 e. The minimum absolute atomic E-state index is 0.0374. The minimum Gasteiger partial charge on any atom is -0.370 e. The van der Waals surface area contributed by atoms with Crippen molar-refractivity contribution in [1.82, 2.24) is 57.5 Å². The van der Waals surface area contributed by atoms with Gasteiger partial charge in [0.25, 0.3) is 0 Å². The van der Waals surface area contributed by atoms with Crippen LogP contribution in [0.25, 0.3) is 21.7 Å². The summed E-state index contributed by atoms with van der Waals surface area (Å²) in [5.41, 5.74) is 30.4. The van der Waals surface area contributed by atoms with E-state index in [-0.39, 0.29) is 81.5 Å². The number of hydrogen-bond acceptors (Lipinski definition) is 14. The molecule has 6 rings (SSSR count). The van der Waals surface area contributed by atoms with E-state index < -0.39 is 102 Å². The van der Waals surface area contributed by atoms with Crippen LogP contribution in [0.15, 0.2) is 95.4 Å². The molecule has 0 spiro atoms. The van der Waals surface area contributed by atoms with Crippen LogP contribution in [0.5, 0.6) is 0 Å². The molecule has 2 aromatic heterocycles. The Morgan fingerprint density at radius 2 is 1.20 bits per heavy atom. The van der Waals surface area contributed by atoms with Crippen molar-refractivity contribution >= 4 is 108 Å². The summed E-state index contributed by atoms with van der Waals surface area (Å²) < 4.78 is 0. The third kappa shape index (κ3) is 19.5. The summed E-state index contributed by atoms with van der Waals surface area (Å²) in [6, 6.07) is 10.7. The Hall–Kier alpha value is -8.86. The highest BCUT2D eigenvalue weighted by atomic mass is 33.1. The molecule has 81 heavy (non-hydrogen) atoms. The van der Waals surface area contributed by atoms with Crippen LogP contribution >= 0.6 is 21.6 Å². The number of nitrogens with one attached hydrogen (secondary N) is 10. The summed E-state index contributed by atoms with van der Waals surface area (Å²) in [5, 5.41) is 23.9. The number of carbonyl (C=O) groups excluding carboxylic acids is 9. The standard InChI is InChI=1S/C52H68N18O9S2/c1-28(71)64-42-26-81-80-25-41(44(53)73)65-43(72)24-62-45(74)39(20-32-22-61-35-11-5-4-10-34(32)35)69-46(75)36(12-6-16-59-51(54)55)66-48(77)38(19-29-14-15-30-8-2-3-9-31(30)18-29)68-49(78)40(21-33-23-58-27-63-33)70-47(76)37(67-50(42)79)13-7-17-60-52(56)57/h2-5,8-11,14-15,18,22-23,27,36-42,61H,6-7,12-13,16-17,19-21,24-26H2,1H3,(H2,53,73)(H,58,63)(H,62,74)(H,64,71)(H,65,72)(H,66,77)(H,67,79)(H,68,78)(H,69,75)(H,70,76)(H4,54,55,59)(H4,56,57,60)/t36-,37-,38+,39-,40-,41-,42-/m0/s1. The minimum atomic E-state index is -1.44. The highest BCUT2D eigenvalue weighted by Gasteiger charge is 2.35. The second-order valence-electron chi connectivity index (χ2n) is 19.0. The van der Waals surface area contributed by atoms with Gasteiger partial charge in [0, 0.05) is 79.8 Å². The normalized spacial score (nSPS) is 21.4. The molecule has 0 saturated carbocycles. The summed E-state index contributed by atoms with van der Waals surface area (Å²) in [5.74, 6) is -7.92. The van der Waals surface area contributed by atoms with Crippen molar-refractivity contribution in [2.45, 2.75) is 94.2 Å². The third-order valence-electron chi connectivity index (χ3n) is 12.7. The number of rotatable bonds is 16. The number of para-hydroxylation sites is 1. The van der Waals surface area contributed by atoms with Crippen LogP contribution in [0.1, 0.15) is 49.4 Å². The van der Waals surface area contributed by atoms with Gasteiger partial charge in [0.15, 0.2) is 11.9 Å². The number of primary amides is 1. The van der Waals surface area contributed by atoms with Gasteiger partial charge in [-0.2, -0.15) is 0 Å². The number of carbonyl (C=O) groups is 9. The lowest BCUT2D eigenvalue weighted by molar-refractivity contribution is -0.135. The van der Waals surface area contributed by atoms with Gasteiger partial charge in [-0.15, -0.1) is 0 Å². The number of aromatic nitrogens is 3. The molecule has 432 valence electrons. The smallest absolute Gasteiger partial charge is 0.244 e. The number of aliphatic imine (C=N–C) groups is 2. The maximum atomic E-state index is 15.0. The van der Waals surface area contributed by atoms with E-state index in [0.29, 0.717) is 16.8 Å². The van der Waals surface area contributed by atoms with E-state index >= 15 is 0 Å². The zero-order valence-electron chi connectivity index (χ0n) is 44.3. The molecule has 0 unspecified atom stereocenters. The number of hydrogen-bond donors (Lipinski definition) is 15. The summed E-state index contributed by atoms with van der Waals surface area (Å²) in [6.07, 6.45) is 4.20. The van der Waals surface area contributed by atoms with Gasteiger partial charge in [0.05, 0.1) is 12.9 Å². The first-order chi connectivity index (χ1) is 38.8. The highest BCUT2D eigenvalue weighted by molar-refractivity contribution is 8.76. The van der Waals surface area contributed by atoms with Gasteiger partial charge in [-0.1, -0.05) is 82.3 Å². The highest BCUT2D eigenvalue weighted by Crippen LogP contribution is 2.24. The summed E-state index contributed by atoms with van der Waals surface area (Å²) in [6.45, 7) is 0.616. The largest absolute Gasteiger partial charge is 0.370 e. The monoisotopic (exact) mass is 1150 g/mol. The number of amides is 9. The first-order valence-electron chi connectivity index (χ1n) is 25.8. The van der Waals surface area contributed by atoms with Crippen molar-refractivity contribution in [1.29, 1.82) is 0 Å². The molecule has 5 aromatic rings. The summed E-state index contributed by atoms with van der Waals surface area (Å²) >= 11 is 0. The molecular weight excluding hydrogens is 1080 g/mol. The second-order valence-corrected chi connectivity index (χ2v) is 21.5. The van der Waals surface area contributed by atoms with E-state index in [1.54, 1.807) is 18.3 Å². The molecule has 1 aliphatic heterocycles. The van der Waals surface area contributed by atoms with E-state index in [9.17, 15) is 43.2 Å². The molecule has 3 aromatic carbocycles. The number of guanidine groups is 2. The molecule has 0 bridgehead atoms. The number of fused-ring (bicyclic) bond motifs is 2. The average Bonchev–Trinajstić information content (AvgIpc) is 4.11. The van der Waals surface area contributed by atoms with Crippen molar-refractivity contribution in [2.75, 3.05) is 31.1 Å². The average molecular weight is 1150 g/mol. The SMILES string of the molecule is CC(=O)N[C@H]1CSSC[C@@H](C(N)=O)NC(=O)CNC(=O)[C@H](Cc2c[nH]c3ccccc23)NC(=O)[C@H](CCCN=C(N)N)NC(=O)[C@@H](Cc2ccc3ccccc3c2)NC(=O)[C@H](Cc2cnc[nH]2)NC(=O)[C@H](CCCN=C(N)N)NC1=O. The van der Waals surface area contributed by atoms with Gasteiger partial charge in [-0.05, 0) is 53.6 Å². The van der Waals surface area contributed by atoms with E-state index in [0.717, 1.165) is 43.3 Å². The number of nitrogens with two attached hydrogens (primary N) is 5. The first-order valence-corrected chi connectivity index (χ1v) is 28.3. The topological polar surface area (TPSA) is 449 Å². The molecule has 29 heteroatoms. The van der Waals surface area contributed by atoms with Crippen molar-refractivity contribution in [3.8, 4) is 0 Å². The Kier molecular flexibility index (Phi) is 23.1. The van der Waals surface area contributed by atoms with Gasteiger partial charge in [0.2, 0.25) is 53.2 Å². The van der Waals surface area contributed by atoms with Crippen LogP contribution in [-0.2, 0) is 62.4 Å². The predicted octanol–water partition coefficient (Wildman–Crippen LogP) is -2.41. The maximum absolute atomic E-state index is 15.0. The predicted molar refractivity (Wildman–Crippen MR) is 308 cm³/mol. The molecule has 1 aliphatic rings. The van der Waals surface area contributed by atoms with Gasteiger partial charge in [0.1, 0.15) is 42.3 Å². The van der Waals surface area contributed by atoms with Crippen molar-refractivity contribution in [3.05, 3.63) is 102 Å². The van der Waals surface area contributed by atoms with E-state index in [2.05, 4.69) is 67.5 Å². The lowest BCUT2D eigenvalue weighted by atomic mass is 9.99. The molecule has 1 fully saturated rings. The van der Waals surface area contributed by atoms with Crippen molar-refractivity contribution in [3.63, 3.8) is 0 Å². The van der Waals surface area contributed by atoms with Crippen LogP contribution < -0.4 is 71.2 Å².